The molecule has 2 aliphatic rings. The van der Waals surface area contributed by atoms with E-state index in [9.17, 15) is 0 Å². The number of benzene rings is 4. The summed E-state index contributed by atoms with van der Waals surface area (Å²) in [7, 11) is 1.57. The topological polar surface area (TPSA) is 67.0 Å². The molecule has 0 saturated carbocycles. The summed E-state index contributed by atoms with van der Waals surface area (Å²) < 4.78 is 22.8. The standard InChI is InChI=1S/C32H24ClFN6O/c1-19-28-29(22-12-6-7-13-24(22)34)39-26-15-9-8-14-25(26)36-30(35-20-16-17-27(41-2)23(33)18-20)32(39)37-31(28)40(38-19)21-10-4-3-5-11-21/h3-18,29H,1-2H3,(H,35,36)/t29-/m1/s1. The first-order chi connectivity index (χ1) is 20.0. The van der Waals surface area contributed by atoms with Crippen molar-refractivity contribution in [2.75, 3.05) is 17.3 Å². The molecule has 41 heavy (non-hydrogen) atoms. The SMILES string of the molecule is COc1ccc(NC2=Nc3ccccc3N3C2=Nc2c(c(C)nn2-c2ccccc2)[C@H]3c2ccccc2F)cc1Cl. The van der Waals surface area contributed by atoms with Crippen LogP contribution in [0.25, 0.3) is 5.69 Å². The second kappa shape index (κ2) is 9.91. The zero-order valence-corrected chi connectivity index (χ0v) is 23.0. The van der Waals surface area contributed by atoms with E-state index in [0.29, 0.717) is 39.5 Å². The van der Waals surface area contributed by atoms with Crippen LogP contribution in [-0.4, -0.2) is 28.6 Å². The van der Waals surface area contributed by atoms with Gasteiger partial charge in [0.25, 0.3) is 0 Å². The molecule has 0 saturated heterocycles. The van der Waals surface area contributed by atoms with Gasteiger partial charge in [-0.2, -0.15) is 5.10 Å². The summed E-state index contributed by atoms with van der Waals surface area (Å²) in [5.74, 6) is 1.91. The highest BCUT2D eigenvalue weighted by molar-refractivity contribution is 6.51. The van der Waals surface area contributed by atoms with E-state index in [0.717, 1.165) is 28.3 Å². The maximum absolute atomic E-state index is 15.7. The number of nitrogens with zero attached hydrogens (tertiary/aromatic N) is 5. The van der Waals surface area contributed by atoms with Gasteiger partial charge in [-0.3, -0.25) is 0 Å². The molecule has 7 nitrogen and oxygen atoms in total. The van der Waals surface area contributed by atoms with Crippen molar-refractivity contribution in [1.29, 1.82) is 0 Å². The number of amidine groups is 2. The van der Waals surface area contributed by atoms with E-state index in [1.807, 2.05) is 89.3 Å². The first kappa shape index (κ1) is 25.0. The molecule has 9 heteroatoms. The number of para-hydroxylation sites is 3. The van der Waals surface area contributed by atoms with Crippen LogP contribution in [0.15, 0.2) is 107 Å². The third kappa shape index (κ3) is 4.15. The van der Waals surface area contributed by atoms with Gasteiger partial charge in [0.15, 0.2) is 17.5 Å². The van der Waals surface area contributed by atoms with Crippen LogP contribution in [-0.2, 0) is 0 Å². The van der Waals surface area contributed by atoms with Gasteiger partial charge >= 0.3 is 0 Å². The first-order valence-electron chi connectivity index (χ1n) is 13.1. The minimum absolute atomic E-state index is 0.312. The molecule has 0 radical (unpaired) electrons. The highest BCUT2D eigenvalue weighted by Crippen LogP contribution is 2.48. The Balaban J connectivity index is 1.49. The zero-order chi connectivity index (χ0) is 28.1. The Kier molecular flexibility index (Phi) is 6.05. The lowest BCUT2D eigenvalue weighted by Crippen LogP contribution is -2.46. The number of aromatic nitrogens is 2. The summed E-state index contributed by atoms with van der Waals surface area (Å²) in [6.07, 6.45) is 0. The van der Waals surface area contributed by atoms with Crippen LogP contribution in [0.2, 0.25) is 5.02 Å². The molecule has 0 fully saturated rings. The van der Waals surface area contributed by atoms with E-state index in [-0.39, 0.29) is 5.82 Å². The number of hydrogen-bond donors (Lipinski definition) is 1. The lowest BCUT2D eigenvalue weighted by atomic mass is 9.93. The largest absolute Gasteiger partial charge is 0.495 e. The Hall–Kier alpha value is -4.95. The third-order valence-electron chi connectivity index (χ3n) is 7.25. The zero-order valence-electron chi connectivity index (χ0n) is 22.2. The van der Waals surface area contributed by atoms with Gasteiger partial charge in [0.1, 0.15) is 11.6 Å². The van der Waals surface area contributed by atoms with Crippen LogP contribution in [0.1, 0.15) is 22.9 Å². The van der Waals surface area contributed by atoms with E-state index < -0.39 is 6.04 Å². The highest BCUT2D eigenvalue weighted by atomic mass is 35.5. The van der Waals surface area contributed by atoms with Gasteiger partial charge in [-0.1, -0.05) is 60.1 Å². The molecule has 0 bridgehead atoms. The molecule has 1 aromatic heterocycles. The van der Waals surface area contributed by atoms with E-state index in [2.05, 4.69) is 5.32 Å². The Morgan fingerprint density at radius 2 is 1.66 bits per heavy atom. The van der Waals surface area contributed by atoms with E-state index >= 15 is 4.39 Å². The van der Waals surface area contributed by atoms with Crippen molar-refractivity contribution in [1.82, 2.24) is 9.78 Å². The van der Waals surface area contributed by atoms with Crippen LogP contribution in [0, 0.1) is 12.7 Å². The van der Waals surface area contributed by atoms with Gasteiger partial charge in [-0.05, 0) is 55.5 Å². The van der Waals surface area contributed by atoms with Gasteiger partial charge < -0.3 is 15.0 Å². The monoisotopic (exact) mass is 562 g/mol. The summed E-state index contributed by atoms with van der Waals surface area (Å²) in [5.41, 5.74) is 5.20. The minimum Gasteiger partial charge on any atom is -0.495 e. The molecule has 5 aromatic rings. The number of aryl methyl sites for hydroxylation is 1. The van der Waals surface area contributed by atoms with Crippen LogP contribution >= 0.6 is 11.6 Å². The predicted octanol–water partition coefficient (Wildman–Crippen LogP) is 7.78. The molecule has 202 valence electrons. The van der Waals surface area contributed by atoms with Crippen LogP contribution < -0.4 is 15.0 Å². The van der Waals surface area contributed by atoms with Crippen molar-refractivity contribution >= 4 is 46.2 Å². The molecular weight excluding hydrogens is 539 g/mol. The Morgan fingerprint density at radius 3 is 2.44 bits per heavy atom. The van der Waals surface area contributed by atoms with Crippen molar-refractivity contribution in [3.63, 3.8) is 0 Å². The summed E-state index contributed by atoms with van der Waals surface area (Å²) in [5, 5.41) is 8.76. The molecule has 1 N–H and O–H groups in total. The summed E-state index contributed by atoms with van der Waals surface area (Å²) in [6, 6.07) is 29.3. The fourth-order valence-electron chi connectivity index (χ4n) is 5.42. The predicted molar refractivity (Wildman–Crippen MR) is 161 cm³/mol. The van der Waals surface area contributed by atoms with Gasteiger partial charge in [0, 0.05) is 16.8 Å². The number of aliphatic imine (C=N–C) groups is 2. The van der Waals surface area contributed by atoms with Gasteiger partial charge in [0.05, 0.1) is 40.9 Å². The quantitative estimate of drug-likeness (QED) is 0.243. The molecule has 0 aliphatic carbocycles. The molecule has 0 amide bonds. The second-order valence-corrected chi connectivity index (χ2v) is 10.1. The van der Waals surface area contributed by atoms with Gasteiger partial charge in [0.2, 0.25) is 0 Å². The van der Waals surface area contributed by atoms with E-state index in [4.69, 9.17) is 31.4 Å². The number of halogens is 2. The average Bonchev–Trinajstić information content (AvgIpc) is 3.33. The van der Waals surface area contributed by atoms with Gasteiger partial charge in [-0.15, -0.1) is 0 Å². The minimum atomic E-state index is -0.552. The van der Waals surface area contributed by atoms with Crippen LogP contribution in [0.5, 0.6) is 5.75 Å². The van der Waals surface area contributed by atoms with E-state index in [1.165, 1.54) is 6.07 Å². The number of hydrogen-bond acceptors (Lipinski definition) is 6. The van der Waals surface area contributed by atoms with Crippen molar-refractivity contribution in [2.24, 2.45) is 9.98 Å². The van der Waals surface area contributed by atoms with E-state index in [1.54, 1.807) is 25.3 Å². The molecule has 2 aliphatic heterocycles. The Labute approximate surface area is 241 Å². The lowest BCUT2D eigenvalue weighted by Gasteiger charge is -2.40. The molecular formula is C32H24ClFN6O. The molecule has 1 atom stereocenters. The van der Waals surface area contributed by atoms with Crippen molar-refractivity contribution in [3.8, 4) is 11.4 Å². The second-order valence-electron chi connectivity index (χ2n) is 9.72. The average molecular weight is 563 g/mol. The molecule has 7 rings (SSSR count). The maximum atomic E-state index is 15.7. The summed E-state index contributed by atoms with van der Waals surface area (Å²) >= 11 is 6.45. The number of ether oxygens (including phenoxy) is 1. The van der Waals surface area contributed by atoms with Crippen molar-refractivity contribution in [3.05, 3.63) is 125 Å². The third-order valence-corrected chi connectivity index (χ3v) is 7.55. The number of methoxy groups -OCH3 is 1. The van der Waals surface area contributed by atoms with Crippen LogP contribution in [0.3, 0.4) is 0 Å². The molecule has 0 unspecified atom stereocenters. The fourth-order valence-corrected chi connectivity index (χ4v) is 5.68. The number of nitrogens with one attached hydrogen (secondary N) is 1. The number of anilines is 2. The maximum Gasteiger partial charge on any atom is 0.179 e. The molecule has 3 heterocycles. The Morgan fingerprint density at radius 1 is 0.902 bits per heavy atom. The summed E-state index contributed by atoms with van der Waals surface area (Å²) in [6.45, 7) is 1.94. The number of fused-ring (bicyclic) bond motifs is 4. The highest BCUT2D eigenvalue weighted by Gasteiger charge is 2.42. The van der Waals surface area contributed by atoms with Gasteiger partial charge in [-0.25, -0.2) is 19.1 Å². The molecule has 4 aromatic carbocycles. The Bertz CT molecular complexity index is 1870. The van der Waals surface area contributed by atoms with Crippen molar-refractivity contribution in [2.45, 2.75) is 13.0 Å². The molecule has 0 spiro atoms. The lowest BCUT2D eigenvalue weighted by molar-refractivity contribution is 0.415. The smallest absolute Gasteiger partial charge is 0.179 e. The van der Waals surface area contributed by atoms with Crippen LogP contribution in [0.4, 0.5) is 27.3 Å². The normalized spacial score (nSPS) is 15.3. The van der Waals surface area contributed by atoms with Crippen molar-refractivity contribution < 1.29 is 9.13 Å². The fraction of sp³-hybridized carbons (Fsp3) is 0.0938. The summed E-state index contributed by atoms with van der Waals surface area (Å²) in [4.78, 5) is 12.2. The first-order valence-corrected chi connectivity index (χ1v) is 13.5. The number of rotatable bonds is 4.